The monoisotopic (exact) mass is 302 g/mol. The van der Waals surface area contributed by atoms with Gasteiger partial charge in [-0.1, -0.05) is 44.8 Å². The van der Waals surface area contributed by atoms with Gasteiger partial charge in [0.15, 0.2) is 0 Å². The van der Waals surface area contributed by atoms with Crippen LogP contribution in [0.4, 0.5) is 0 Å². The number of allylic oxidation sites excluding steroid dienone is 1. The minimum atomic E-state index is 0.176. The topological polar surface area (TPSA) is 40.5 Å². The van der Waals surface area contributed by atoms with Crippen molar-refractivity contribution < 1.29 is 10.2 Å². The first-order valence-corrected chi connectivity index (χ1v) is 8.74. The van der Waals surface area contributed by atoms with Gasteiger partial charge in [0.05, 0.1) is 0 Å². The zero-order valence-electron chi connectivity index (χ0n) is 14.1. The summed E-state index contributed by atoms with van der Waals surface area (Å²) in [5.41, 5.74) is 3.42. The summed E-state index contributed by atoms with van der Waals surface area (Å²) in [7, 11) is 0. The third kappa shape index (κ3) is 3.85. The lowest BCUT2D eigenvalue weighted by atomic mass is 9.71. The molecule has 2 atom stereocenters. The van der Waals surface area contributed by atoms with Crippen molar-refractivity contribution in [1.82, 2.24) is 0 Å². The Labute approximate surface area is 134 Å². The normalized spacial score (nSPS) is 21.7. The van der Waals surface area contributed by atoms with E-state index in [1.165, 1.54) is 37.3 Å². The van der Waals surface area contributed by atoms with Gasteiger partial charge < -0.3 is 10.2 Å². The minimum Gasteiger partial charge on any atom is -0.508 e. The van der Waals surface area contributed by atoms with Crippen molar-refractivity contribution in [2.24, 2.45) is 5.92 Å². The van der Waals surface area contributed by atoms with Gasteiger partial charge in [0.1, 0.15) is 11.5 Å². The molecule has 0 amide bonds. The third-order valence-electron chi connectivity index (χ3n) is 5.05. The fourth-order valence-corrected chi connectivity index (χ4v) is 3.95. The summed E-state index contributed by atoms with van der Waals surface area (Å²) in [5.74, 6) is 1.25. The molecule has 0 heterocycles. The Kier molecular flexibility index (Phi) is 5.93. The number of hydrogen-bond donors (Lipinski definition) is 2. The molecule has 0 aliphatic heterocycles. The van der Waals surface area contributed by atoms with E-state index in [1.54, 1.807) is 0 Å². The molecule has 1 aromatic carbocycles. The maximum Gasteiger partial charge on any atom is 0.123 e. The first-order chi connectivity index (χ1) is 10.5. The zero-order chi connectivity index (χ0) is 16.1. The zero-order valence-corrected chi connectivity index (χ0v) is 14.1. The van der Waals surface area contributed by atoms with E-state index in [4.69, 9.17) is 0 Å². The SMILES string of the molecule is C=C(C)C1CCCC[C@H]1c1c(O)cc(O)cc1CCCCC. The van der Waals surface area contributed by atoms with Crippen molar-refractivity contribution >= 4 is 0 Å². The van der Waals surface area contributed by atoms with Crippen LogP contribution >= 0.6 is 0 Å². The number of aromatic hydroxyl groups is 2. The van der Waals surface area contributed by atoms with Gasteiger partial charge >= 0.3 is 0 Å². The van der Waals surface area contributed by atoms with Crippen LogP contribution in [-0.4, -0.2) is 10.2 Å². The van der Waals surface area contributed by atoms with Crippen LogP contribution in [0.5, 0.6) is 11.5 Å². The van der Waals surface area contributed by atoms with E-state index in [2.05, 4.69) is 20.4 Å². The van der Waals surface area contributed by atoms with Crippen molar-refractivity contribution in [3.05, 3.63) is 35.4 Å². The minimum absolute atomic E-state index is 0.176. The highest BCUT2D eigenvalue weighted by molar-refractivity contribution is 5.48. The number of hydrogen-bond acceptors (Lipinski definition) is 2. The van der Waals surface area contributed by atoms with E-state index in [9.17, 15) is 10.2 Å². The predicted octanol–water partition coefficient (Wildman–Crippen LogP) is 5.68. The standard InChI is InChI=1S/C20H30O2/c1-4-5-6-9-15-12-16(21)13-19(22)20(15)18-11-8-7-10-17(18)14(2)3/h12-13,17-18,21-22H,2,4-11H2,1,3H3/t17?,18-/m1/s1. The molecule has 0 bridgehead atoms. The molecule has 122 valence electrons. The second-order valence-electron chi connectivity index (χ2n) is 6.84. The Bertz CT molecular complexity index is 519. The molecule has 2 rings (SSSR count). The lowest BCUT2D eigenvalue weighted by molar-refractivity contribution is 0.335. The maximum atomic E-state index is 10.5. The summed E-state index contributed by atoms with van der Waals surface area (Å²) in [6.45, 7) is 8.48. The fraction of sp³-hybridized carbons (Fsp3) is 0.600. The van der Waals surface area contributed by atoms with Crippen molar-refractivity contribution in [1.29, 1.82) is 0 Å². The highest BCUT2D eigenvalue weighted by atomic mass is 16.3. The van der Waals surface area contributed by atoms with Crippen molar-refractivity contribution in [3.63, 3.8) is 0 Å². The van der Waals surface area contributed by atoms with E-state index in [-0.39, 0.29) is 11.5 Å². The van der Waals surface area contributed by atoms with Gasteiger partial charge in [-0.3, -0.25) is 0 Å². The molecule has 1 unspecified atom stereocenters. The summed E-state index contributed by atoms with van der Waals surface area (Å²) in [6, 6.07) is 3.36. The quantitative estimate of drug-likeness (QED) is 0.524. The van der Waals surface area contributed by atoms with Crippen molar-refractivity contribution in [2.75, 3.05) is 0 Å². The first kappa shape index (κ1) is 16.9. The molecule has 1 aromatic rings. The maximum absolute atomic E-state index is 10.5. The Morgan fingerprint density at radius 3 is 2.59 bits per heavy atom. The number of rotatable bonds is 6. The average molecular weight is 302 g/mol. The Morgan fingerprint density at radius 1 is 1.18 bits per heavy atom. The fourth-order valence-electron chi connectivity index (χ4n) is 3.95. The first-order valence-electron chi connectivity index (χ1n) is 8.74. The lowest BCUT2D eigenvalue weighted by Gasteiger charge is -2.34. The molecule has 2 heteroatoms. The number of unbranched alkanes of at least 4 members (excludes halogenated alkanes) is 2. The summed E-state index contributed by atoms with van der Waals surface area (Å²) in [5, 5.41) is 20.4. The molecule has 1 aliphatic carbocycles. The number of phenolic OH excluding ortho intramolecular Hbond substituents is 2. The van der Waals surface area contributed by atoms with Crippen LogP contribution in [-0.2, 0) is 6.42 Å². The van der Waals surface area contributed by atoms with Crippen LogP contribution in [0.25, 0.3) is 0 Å². The summed E-state index contributed by atoms with van der Waals surface area (Å²) >= 11 is 0. The van der Waals surface area contributed by atoms with Gasteiger partial charge in [0.2, 0.25) is 0 Å². The molecule has 2 N–H and O–H groups in total. The van der Waals surface area contributed by atoms with Crippen LogP contribution in [0.1, 0.15) is 75.8 Å². The molecule has 2 nitrogen and oxygen atoms in total. The molecular formula is C20H30O2. The summed E-state index contributed by atoms with van der Waals surface area (Å²) < 4.78 is 0. The summed E-state index contributed by atoms with van der Waals surface area (Å²) in [4.78, 5) is 0. The van der Waals surface area contributed by atoms with Gasteiger partial charge in [-0.05, 0) is 56.1 Å². The molecule has 1 fully saturated rings. The lowest BCUT2D eigenvalue weighted by Crippen LogP contribution is -2.20. The number of aryl methyl sites for hydroxylation is 1. The molecule has 22 heavy (non-hydrogen) atoms. The second kappa shape index (κ2) is 7.71. The highest BCUT2D eigenvalue weighted by Gasteiger charge is 2.30. The van der Waals surface area contributed by atoms with Gasteiger partial charge in [0, 0.05) is 11.6 Å². The van der Waals surface area contributed by atoms with Crippen LogP contribution in [0.15, 0.2) is 24.3 Å². The second-order valence-corrected chi connectivity index (χ2v) is 6.84. The van der Waals surface area contributed by atoms with Gasteiger partial charge in [-0.2, -0.15) is 0 Å². The van der Waals surface area contributed by atoms with Gasteiger partial charge in [-0.25, -0.2) is 0 Å². The van der Waals surface area contributed by atoms with Crippen LogP contribution in [0.3, 0.4) is 0 Å². The van der Waals surface area contributed by atoms with E-state index in [0.717, 1.165) is 36.8 Å². The highest BCUT2D eigenvalue weighted by Crippen LogP contribution is 2.46. The molecule has 0 radical (unpaired) electrons. The molecular weight excluding hydrogens is 272 g/mol. The van der Waals surface area contributed by atoms with Crippen molar-refractivity contribution in [3.8, 4) is 11.5 Å². The molecule has 0 aromatic heterocycles. The van der Waals surface area contributed by atoms with Gasteiger partial charge in [-0.15, -0.1) is 0 Å². The van der Waals surface area contributed by atoms with E-state index >= 15 is 0 Å². The molecule has 0 saturated heterocycles. The Hall–Kier alpha value is -1.44. The predicted molar refractivity (Wildman–Crippen MR) is 92.5 cm³/mol. The van der Waals surface area contributed by atoms with E-state index in [0.29, 0.717) is 11.8 Å². The van der Waals surface area contributed by atoms with Gasteiger partial charge in [0.25, 0.3) is 0 Å². The smallest absolute Gasteiger partial charge is 0.123 e. The Balaban J connectivity index is 2.36. The van der Waals surface area contributed by atoms with E-state index < -0.39 is 0 Å². The third-order valence-corrected chi connectivity index (χ3v) is 5.05. The van der Waals surface area contributed by atoms with Crippen LogP contribution < -0.4 is 0 Å². The average Bonchev–Trinajstić information content (AvgIpc) is 2.47. The Morgan fingerprint density at radius 2 is 1.91 bits per heavy atom. The summed E-state index contributed by atoms with van der Waals surface area (Å²) in [6.07, 6.45) is 9.14. The van der Waals surface area contributed by atoms with Crippen LogP contribution in [0, 0.1) is 5.92 Å². The number of phenols is 2. The van der Waals surface area contributed by atoms with Crippen molar-refractivity contribution in [2.45, 2.75) is 71.1 Å². The number of benzene rings is 1. The van der Waals surface area contributed by atoms with Crippen LogP contribution in [0.2, 0.25) is 0 Å². The molecule has 1 aliphatic rings. The molecule has 1 saturated carbocycles. The molecule has 0 spiro atoms. The van der Waals surface area contributed by atoms with E-state index in [1.807, 2.05) is 6.07 Å². The largest absolute Gasteiger partial charge is 0.508 e.